The molecule has 2 N–H and O–H groups in total. The van der Waals surface area contributed by atoms with Gasteiger partial charge in [0.1, 0.15) is 0 Å². The Morgan fingerprint density at radius 3 is 2.56 bits per heavy atom. The maximum Gasteiger partial charge on any atom is 0.416 e. The second kappa shape index (κ2) is 2.80. The highest BCUT2D eigenvalue weighted by Gasteiger charge is 2.57. The van der Waals surface area contributed by atoms with Gasteiger partial charge < -0.3 is 5.73 Å². The van der Waals surface area contributed by atoms with Crippen molar-refractivity contribution in [1.29, 1.82) is 0 Å². The van der Waals surface area contributed by atoms with Gasteiger partial charge in [0.05, 0.1) is 5.56 Å². The van der Waals surface area contributed by atoms with Crippen LogP contribution in [0.5, 0.6) is 0 Å². The Balaban J connectivity index is 2.14. The summed E-state index contributed by atoms with van der Waals surface area (Å²) in [6, 6.07) is 4.54. The van der Waals surface area contributed by atoms with E-state index < -0.39 is 11.7 Å². The third-order valence-electron chi connectivity index (χ3n) is 3.97. The molecule has 1 aromatic rings. The molecule has 2 unspecified atom stereocenters. The fourth-order valence-corrected chi connectivity index (χ4v) is 3.00. The fraction of sp³-hybridized carbons (Fsp3) is 0.500. The Kier molecular flexibility index (Phi) is 1.78. The summed E-state index contributed by atoms with van der Waals surface area (Å²) in [6.07, 6.45) is -2.12. The molecular formula is C12H12F3N. The van der Waals surface area contributed by atoms with E-state index in [9.17, 15) is 13.2 Å². The van der Waals surface area contributed by atoms with Crippen LogP contribution in [0.4, 0.5) is 13.2 Å². The van der Waals surface area contributed by atoms with Crippen LogP contribution in [0.15, 0.2) is 18.2 Å². The predicted octanol–water partition coefficient (Wildman–Crippen LogP) is 2.62. The minimum absolute atomic E-state index is 0.0530. The van der Waals surface area contributed by atoms with E-state index >= 15 is 0 Å². The molecular weight excluding hydrogens is 215 g/mol. The summed E-state index contributed by atoms with van der Waals surface area (Å²) in [5.41, 5.74) is 6.57. The van der Waals surface area contributed by atoms with Crippen molar-refractivity contribution in [3.8, 4) is 0 Å². The molecule has 0 bridgehead atoms. The first-order chi connectivity index (χ1) is 7.45. The van der Waals surface area contributed by atoms with E-state index in [1.165, 1.54) is 12.1 Å². The monoisotopic (exact) mass is 227 g/mol. The SMILES string of the molecule is NC1CC12CCc1c(C(F)(F)F)cccc12. The molecule has 1 fully saturated rings. The number of benzene rings is 1. The van der Waals surface area contributed by atoms with E-state index in [4.69, 9.17) is 5.73 Å². The molecule has 16 heavy (non-hydrogen) atoms. The molecule has 0 amide bonds. The van der Waals surface area contributed by atoms with Gasteiger partial charge in [-0.25, -0.2) is 0 Å². The quantitative estimate of drug-likeness (QED) is 0.724. The number of nitrogens with two attached hydrogens (primary N) is 1. The maximum absolute atomic E-state index is 12.8. The highest BCUT2D eigenvalue weighted by atomic mass is 19.4. The number of hydrogen-bond acceptors (Lipinski definition) is 1. The van der Waals surface area contributed by atoms with Gasteiger partial charge in [-0.3, -0.25) is 0 Å². The van der Waals surface area contributed by atoms with Crippen LogP contribution in [-0.2, 0) is 18.0 Å². The first-order valence-corrected chi connectivity index (χ1v) is 5.40. The molecule has 0 aromatic heterocycles. The van der Waals surface area contributed by atoms with Crippen molar-refractivity contribution in [2.75, 3.05) is 0 Å². The molecule has 4 heteroatoms. The molecule has 1 aromatic carbocycles. The van der Waals surface area contributed by atoms with Crippen molar-refractivity contribution in [1.82, 2.24) is 0 Å². The third kappa shape index (κ3) is 1.16. The van der Waals surface area contributed by atoms with Gasteiger partial charge in [0, 0.05) is 11.5 Å². The highest BCUT2D eigenvalue weighted by molar-refractivity contribution is 5.50. The first kappa shape index (κ1) is 10.1. The average molecular weight is 227 g/mol. The molecule has 0 aliphatic heterocycles. The van der Waals surface area contributed by atoms with Crippen LogP contribution in [0, 0.1) is 0 Å². The van der Waals surface area contributed by atoms with E-state index in [1.807, 2.05) is 6.07 Å². The molecule has 2 atom stereocenters. The number of halogens is 3. The van der Waals surface area contributed by atoms with Crippen LogP contribution < -0.4 is 5.73 Å². The van der Waals surface area contributed by atoms with E-state index in [0.717, 1.165) is 18.4 Å². The molecule has 0 heterocycles. The average Bonchev–Trinajstić information content (AvgIpc) is 2.68. The summed E-state index contributed by atoms with van der Waals surface area (Å²) >= 11 is 0. The van der Waals surface area contributed by atoms with Crippen LogP contribution >= 0.6 is 0 Å². The summed E-state index contributed by atoms with van der Waals surface area (Å²) in [5, 5.41) is 0. The van der Waals surface area contributed by atoms with E-state index in [-0.39, 0.29) is 11.5 Å². The number of alkyl halides is 3. The van der Waals surface area contributed by atoms with E-state index in [0.29, 0.717) is 12.0 Å². The maximum atomic E-state index is 12.8. The van der Waals surface area contributed by atoms with Gasteiger partial charge >= 0.3 is 6.18 Å². The molecule has 86 valence electrons. The first-order valence-electron chi connectivity index (χ1n) is 5.40. The lowest BCUT2D eigenvalue weighted by Gasteiger charge is -2.14. The molecule has 0 saturated heterocycles. The molecule has 1 saturated carbocycles. The van der Waals surface area contributed by atoms with E-state index in [1.54, 1.807) is 0 Å². The Hall–Kier alpha value is -1.03. The zero-order valence-corrected chi connectivity index (χ0v) is 8.64. The van der Waals surface area contributed by atoms with Gasteiger partial charge in [-0.1, -0.05) is 12.1 Å². The minimum Gasteiger partial charge on any atom is -0.327 e. The van der Waals surface area contributed by atoms with Crippen molar-refractivity contribution in [3.63, 3.8) is 0 Å². The zero-order valence-electron chi connectivity index (χ0n) is 8.64. The number of rotatable bonds is 0. The van der Waals surface area contributed by atoms with Crippen LogP contribution in [0.1, 0.15) is 29.5 Å². The number of hydrogen-bond donors (Lipinski definition) is 1. The predicted molar refractivity (Wildman–Crippen MR) is 54.0 cm³/mol. The van der Waals surface area contributed by atoms with Gasteiger partial charge in [0.25, 0.3) is 0 Å². The lowest BCUT2D eigenvalue weighted by atomic mass is 9.95. The van der Waals surface area contributed by atoms with Crippen molar-refractivity contribution in [3.05, 3.63) is 34.9 Å². The summed E-state index contributed by atoms with van der Waals surface area (Å²) in [5.74, 6) is 0. The summed E-state index contributed by atoms with van der Waals surface area (Å²) in [7, 11) is 0. The van der Waals surface area contributed by atoms with Gasteiger partial charge in [-0.2, -0.15) is 13.2 Å². The summed E-state index contributed by atoms with van der Waals surface area (Å²) in [6.45, 7) is 0. The smallest absolute Gasteiger partial charge is 0.327 e. The summed E-state index contributed by atoms with van der Waals surface area (Å²) < 4.78 is 38.3. The van der Waals surface area contributed by atoms with Crippen molar-refractivity contribution >= 4 is 0 Å². The van der Waals surface area contributed by atoms with Crippen LogP contribution in [0.25, 0.3) is 0 Å². The largest absolute Gasteiger partial charge is 0.416 e. The fourth-order valence-electron chi connectivity index (χ4n) is 3.00. The number of fused-ring (bicyclic) bond motifs is 2. The standard InChI is InChI=1S/C12H12F3N/c13-12(14,15)9-3-1-2-8-7(9)4-5-11(8)6-10(11)16/h1-3,10H,4-6,16H2. The topological polar surface area (TPSA) is 26.0 Å². The zero-order chi connectivity index (χ0) is 11.6. The van der Waals surface area contributed by atoms with Crippen molar-refractivity contribution < 1.29 is 13.2 Å². The van der Waals surface area contributed by atoms with Crippen molar-refractivity contribution in [2.24, 2.45) is 5.73 Å². The highest BCUT2D eigenvalue weighted by Crippen LogP contribution is 2.57. The van der Waals surface area contributed by atoms with Crippen molar-refractivity contribution in [2.45, 2.75) is 36.9 Å². The van der Waals surface area contributed by atoms with Gasteiger partial charge in [-0.05, 0) is 36.5 Å². The third-order valence-corrected chi connectivity index (χ3v) is 3.97. The van der Waals surface area contributed by atoms with E-state index in [2.05, 4.69) is 0 Å². The molecule has 1 spiro atoms. The Labute approximate surface area is 91.4 Å². The van der Waals surface area contributed by atoms with Crippen LogP contribution in [-0.4, -0.2) is 6.04 Å². The Morgan fingerprint density at radius 2 is 2.00 bits per heavy atom. The van der Waals surface area contributed by atoms with Gasteiger partial charge in [0.15, 0.2) is 0 Å². The van der Waals surface area contributed by atoms with Gasteiger partial charge in [-0.15, -0.1) is 0 Å². The summed E-state index contributed by atoms with van der Waals surface area (Å²) in [4.78, 5) is 0. The molecule has 0 radical (unpaired) electrons. The molecule has 2 aliphatic rings. The lowest BCUT2D eigenvalue weighted by Crippen LogP contribution is -2.16. The second-order valence-corrected chi connectivity index (χ2v) is 4.80. The lowest BCUT2D eigenvalue weighted by molar-refractivity contribution is -0.138. The minimum atomic E-state index is -4.24. The Bertz CT molecular complexity index is 452. The Morgan fingerprint density at radius 1 is 1.31 bits per heavy atom. The normalized spacial score (nSPS) is 31.9. The molecule has 2 aliphatic carbocycles. The second-order valence-electron chi connectivity index (χ2n) is 4.80. The van der Waals surface area contributed by atoms with Crippen LogP contribution in [0.2, 0.25) is 0 Å². The van der Waals surface area contributed by atoms with Crippen LogP contribution in [0.3, 0.4) is 0 Å². The molecule has 3 rings (SSSR count). The van der Waals surface area contributed by atoms with Gasteiger partial charge in [0.2, 0.25) is 0 Å². The molecule has 1 nitrogen and oxygen atoms in total.